The van der Waals surface area contributed by atoms with E-state index in [-0.39, 0.29) is 11.4 Å². The molecule has 6 nitrogen and oxygen atoms in total. The van der Waals surface area contributed by atoms with Gasteiger partial charge in [0.1, 0.15) is 11.8 Å². The van der Waals surface area contributed by atoms with Crippen LogP contribution in [0.4, 0.5) is 0 Å². The summed E-state index contributed by atoms with van der Waals surface area (Å²) in [6.07, 6.45) is 0.945. The molecule has 2 amide bonds. The first-order valence-electron chi connectivity index (χ1n) is 11.6. The summed E-state index contributed by atoms with van der Waals surface area (Å²) in [5, 5.41) is 7.59. The van der Waals surface area contributed by atoms with E-state index in [4.69, 9.17) is 27.9 Å². The van der Waals surface area contributed by atoms with Crippen LogP contribution in [0, 0.1) is 0 Å². The van der Waals surface area contributed by atoms with Gasteiger partial charge in [-0.15, -0.1) is 0 Å². The number of halogens is 2. The zero-order valence-corrected chi connectivity index (χ0v) is 21.9. The number of nitrogens with one attached hydrogen (secondary N) is 2. The van der Waals surface area contributed by atoms with Crippen LogP contribution in [0.25, 0.3) is 0 Å². The van der Waals surface area contributed by atoms with Crippen molar-refractivity contribution in [3.63, 3.8) is 0 Å². The summed E-state index contributed by atoms with van der Waals surface area (Å²) < 4.78 is 5.69. The van der Waals surface area contributed by atoms with Gasteiger partial charge in [0, 0.05) is 11.4 Å². The van der Waals surface area contributed by atoms with E-state index in [2.05, 4.69) is 29.7 Å². The third kappa shape index (κ3) is 8.11. The summed E-state index contributed by atoms with van der Waals surface area (Å²) >= 11 is 12.1. The van der Waals surface area contributed by atoms with E-state index >= 15 is 0 Å². The van der Waals surface area contributed by atoms with Crippen LogP contribution in [-0.2, 0) is 16.0 Å². The number of carbonyl (C=O) groups is 2. The van der Waals surface area contributed by atoms with Crippen molar-refractivity contribution in [3.05, 3.63) is 99.5 Å². The number of amides is 2. The molecule has 2 N–H and O–H groups in total. The van der Waals surface area contributed by atoms with Gasteiger partial charge in [0.2, 0.25) is 0 Å². The summed E-state index contributed by atoms with van der Waals surface area (Å²) in [5.41, 5.74) is 5.50. The van der Waals surface area contributed by atoms with Crippen LogP contribution in [0.5, 0.6) is 5.75 Å². The zero-order valence-electron chi connectivity index (χ0n) is 20.4. The van der Waals surface area contributed by atoms with E-state index in [1.54, 1.807) is 25.3 Å². The molecular weight excluding hydrogens is 497 g/mol. The molecule has 188 valence electrons. The summed E-state index contributed by atoms with van der Waals surface area (Å²) in [7, 11) is 0. The Morgan fingerprint density at radius 1 is 0.944 bits per heavy atom. The van der Waals surface area contributed by atoms with E-state index in [0.717, 1.165) is 11.1 Å². The van der Waals surface area contributed by atoms with Crippen LogP contribution in [0.1, 0.15) is 43.4 Å². The Balaban J connectivity index is 1.67. The first kappa shape index (κ1) is 27.2. The smallest absolute Gasteiger partial charge is 0.262 e. The highest BCUT2D eigenvalue weighted by atomic mass is 35.5. The van der Waals surface area contributed by atoms with Crippen molar-refractivity contribution < 1.29 is 14.3 Å². The molecule has 3 aromatic rings. The maximum absolute atomic E-state index is 13.0. The molecule has 36 heavy (non-hydrogen) atoms. The SMILES string of the molecule is CC(C)c1ccc(/C=N\NC(=O)[C@H](Cc2ccccc2)NC(=O)[C@@H](C)Oc2ccc(Cl)cc2Cl)cc1. The fourth-order valence-corrected chi connectivity index (χ4v) is 3.83. The van der Waals surface area contributed by atoms with Crippen LogP contribution in [0.2, 0.25) is 10.0 Å². The Morgan fingerprint density at radius 3 is 2.28 bits per heavy atom. The number of nitrogens with zero attached hydrogens (tertiary/aromatic N) is 1. The Kier molecular flexibility index (Phi) is 9.91. The van der Waals surface area contributed by atoms with Crippen LogP contribution < -0.4 is 15.5 Å². The van der Waals surface area contributed by atoms with E-state index in [1.807, 2.05) is 54.6 Å². The average Bonchev–Trinajstić information content (AvgIpc) is 2.86. The van der Waals surface area contributed by atoms with Crippen molar-refractivity contribution in [2.24, 2.45) is 5.10 Å². The summed E-state index contributed by atoms with van der Waals surface area (Å²) in [6.45, 7) is 5.83. The van der Waals surface area contributed by atoms with Crippen molar-refractivity contribution in [2.75, 3.05) is 0 Å². The number of rotatable bonds is 10. The molecule has 3 rings (SSSR count). The first-order chi connectivity index (χ1) is 17.2. The second-order valence-electron chi connectivity index (χ2n) is 8.64. The van der Waals surface area contributed by atoms with Crippen LogP contribution in [0.15, 0.2) is 77.9 Å². The highest BCUT2D eigenvalue weighted by Crippen LogP contribution is 2.28. The molecule has 0 bridgehead atoms. The predicted molar refractivity (Wildman–Crippen MR) is 145 cm³/mol. The summed E-state index contributed by atoms with van der Waals surface area (Å²) in [6, 6.07) is 21.2. The Morgan fingerprint density at radius 2 is 1.64 bits per heavy atom. The van der Waals surface area contributed by atoms with Crippen molar-refractivity contribution >= 4 is 41.2 Å². The van der Waals surface area contributed by atoms with Crippen molar-refractivity contribution in [1.29, 1.82) is 0 Å². The molecule has 0 aliphatic carbocycles. The van der Waals surface area contributed by atoms with Gasteiger partial charge in [0.15, 0.2) is 6.10 Å². The third-order valence-corrected chi connectivity index (χ3v) is 6.00. The molecule has 0 aromatic heterocycles. The van der Waals surface area contributed by atoms with Crippen molar-refractivity contribution in [3.8, 4) is 5.75 Å². The number of hydrogen-bond donors (Lipinski definition) is 2. The molecule has 0 fully saturated rings. The van der Waals surface area contributed by atoms with Gasteiger partial charge in [-0.05, 0) is 47.7 Å². The minimum atomic E-state index is -0.905. The van der Waals surface area contributed by atoms with Gasteiger partial charge in [0.25, 0.3) is 11.8 Å². The molecule has 0 unspecified atom stereocenters. The van der Waals surface area contributed by atoms with Gasteiger partial charge in [-0.25, -0.2) is 5.43 Å². The molecule has 0 radical (unpaired) electrons. The molecule has 0 heterocycles. The number of ether oxygens (including phenoxy) is 1. The molecule has 0 saturated heterocycles. The second kappa shape index (κ2) is 13.1. The lowest BCUT2D eigenvalue weighted by Crippen LogP contribution is -2.50. The lowest BCUT2D eigenvalue weighted by molar-refractivity contribution is -0.132. The van der Waals surface area contributed by atoms with Gasteiger partial charge in [-0.3, -0.25) is 9.59 Å². The normalized spacial score (nSPS) is 12.8. The van der Waals surface area contributed by atoms with Gasteiger partial charge in [-0.2, -0.15) is 5.10 Å². The standard InChI is InChI=1S/C28H29Cl2N3O3/c1-18(2)22-11-9-21(10-12-22)17-31-33-28(35)25(15-20-7-5-4-6-8-20)32-27(34)19(3)36-26-14-13-23(29)16-24(26)30/h4-14,16-19,25H,15H2,1-3H3,(H,32,34)(H,33,35)/b31-17-/t19-,25+/m1/s1. The van der Waals surface area contributed by atoms with Gasteiger partial charge >= 0.3 is 0 Å². The average molecular weight is 526 g/mol. The molecular formula is C28H29Cl2N3O3. The van der Waals surface area contributed by atoms with Crippen LogP contribution in [-0.4, -0.2) is 30.2 Å². The molecule has 0 aliphatic rings. The maximum atomic E-state index is 13.0. The predicted octanol–water partition coefficient (Wildman–Crippen LogP) is 5.76. The monoisotopic (exact) mass is 525 g/mol. The Bertz CT molecular complexity index is 1200. The minimum absolute atomic E-state index is 0.283. The van der Waals surface area contributed by atoms with E-state index in [1.165, 1.54) is 11.6 Å². The number of hydrazone groups is 1. The summed E-state index contributed by atoms with van der Waals surface area (Å²) in [4.78, 5) is 25.9. The minimum Gasteiger partial charge on any atom is -0.479 e. The largest absolute Gasteiger partial charge is 0.479 e. The van der Waals surface area contributed by atoms with Gasteiger partial charge < -0.3 is 10.1 Å². The molecule has 0 saturated carbocycles. The zero-order chi connectivity index (χ0) is 26.1. The van der Waals surface area contributed by atoms with Crippen LogP contribution in [0.3, 0.4) is 0 Å². The quantitative estimate of drug-likeness (QED) is 0.260. The van der Waals surface area contributed by atoms with Crippen molar-refractivity contribution in [2.45, 2.75) is 45.3 Å². The molecule has 2 atom stereocenters. The van der Waals surface area contributed by atoms with Gasteiger partial charge in [-0.1, -0.05) is 91.6 Å². The number of hydrogen-bond acceptors (Lipinski definition) is 4. The highest BCUT2D eigenvalue weighted by molar-refractivity contribution is 6.35. The number of benzene rings is 3. The van der Waals surface area contributed by atoms with Crippen molar-refractivity contribution in [1.82, 2.24) is 10.7 Å². The molecule has 0 aliphatic heterocycles. The summed E-state index contributed by atoms with van der Waals surface area (Å²) in [5.74, 6) is -0.162. The number of carbonyl (C=O) groups excluding carboxylic acids is 2. The first-order valence-corrected chi connectivity index (χ1v) is 12.4. The fraction of sp³-hybridized carbons (Fsp3) is 0.250. The molecule has 0 spiro atoms. The molecule has 3 aromatic carbocycles. The Labute approximate surface area is 221 Å². The van der Waals surface area contributed by atoms with E-state index in [0.29, 0.717) is 16.7 Å². The second-order valence-corrected chi connectivity index (χ2v) is 9.48. The lowest BCUT2D eigenvalue weighted by Gasteiger charge is -2.21. The van der Waals surface area contributed by atoms with E-state index in [9.17, 15) is 9.59 Å². The topological polar surface area (TPSA) is 79.8 Å². The van der Waals surface area contributed by atoms with Gasteiger partial charge in [0.05, 0.1) is 11.2 Å². The molecule has 8 heteroatoms. The van der Waals surface area contributed by atoms with Crippen LogP contribution >= 0.6 is 23.2 Å². The third-order valence-electron chi connectivity index (χ3n) is 5.47. The maximum Gasteiger partial charge on any atom is 0.262 e. The highest BCUT2D eigenvalue weighted by Gasteiger charge is 2.25. The fourth-order valence-electron chi connectivity index (χ4n) is 3.38. The van der Waals surface area contributed by atoms with E-state index < -0.39 is 24.0 Å². The lowest BCUT2D eigenvalue weighted by atomic mass is 10.0. The Hall–Kier alpha value is -3.35.